The predicted octanol–water partition coefficient (Wildman–Crippen LogP) is 9.42. The van der Waals surface area contributed by atoms with Crippen molar-refractivity contribution in [1.82, 2.24) is 0 Å². The summed E-state index contributed by atoms with van der Waals surface area (Å²) in [5.41, 5.74) is 6.37. The lowest BCUT2D eigenvalue weighted by molar-refractivity contribution is 0.152. The largest absolute Gasteiger partial charge is 0.519 e. The zero-order valence-electron chi connectivity index (χ0n) is 22.6. The van der Waals surface area contributed by atoms with E-state index in [-0.39, 0.29) is 0 Å². The molecule has 0 radical (unpaired) electrons. The van der Waals surface area contributed by atoms with Crippen LogP contribution >= 0.6 is 0 Å². The third-order valence-electron chi connectivity index (χ3n) is 7.65. The summed E-state index contributed by atoms with van der Waals surface area (Å²) < 4.78 is 16.9. The summed E-state index contributed by atoms with van der Waals surface area (Å²) in [6.07, 6.45) is -0.783. The maximum Gasteiger partial charge on any atom is 0.519 e. The van der Waals surface area contributed by atoms with Crippen molar-refractivity contribution >= 4 is 6.16 Å². The van der Waals surface area contributed by atoms with Crippen LogP contribution < -0.4 is 14.2 Å². The van der Waals surface area contributed by atoms with Crippen molar-refractivity contribution in [1.29, 1.82) is 0 Å². The van der Waals surface area contributed by atoms with Gasteiger partial charge in [0, 0.05) is 0 Å². The molecule has 202 valence electrons. The zero-order chi connectivity index (χ0) is 28.4. The van der Waals surface area contributed by atoms with Gasteiger partial charge >= 0.3 is 6.16 Å². The first kappa shape index (κ1) is 25.4. The highest BCUT2D eigenvalue weighted by Crippen LogP contribution is 2.56. The number of hydrogen-bond donors (Lipinski definition) is 0. The number of fused-ring (bicyclic) bond motifs is 3. The number of para-hydroxylation sites is 2. The van der Waals surface area contributed by atoms with Gasteiger partial charge in [0.15, 0.2) is 0 Å². The topological polar surface area (TPSA) is 44.8 Å². The summed E-state index contributed by atoms with van der Waals surface area (Å²) in [6, 6.07) is 51.7. The summed E-state index contributed by atoms with van der Waals surface area (Å²) >= 11 is 0. The van der Waals surface area contributed by atoms with Crippen LogP contribution in [0.25, 0.3) is 11.1 Å². The van der Waals surface area contributed by atoms with Gasteiger partial charge in [-0.3, -0.25) is 0 Å². The first-order chi connectivity index (χ1) is 20.7. The molecule has 0 spiro atoms. The summed E-state index contributed by atoms with van der Waals surface area (Å²) in [5, 5.41) is 0. The first-order valence-electron chi connectivity index (χ1n) is 13.8. The van der Waals surface area contributed by atoms with Crippen molar-refractivity contribution in [2.75, 3.05) is 0 Å². The Hall–Kier alpha value is -5.61. The van der Waals surface area contributed by atoms with E-state index in [2.05, 4.69) is 60.7 Å². The molecule has 4 nitrogen and oxygen atoms in total. The lowest BCUT2D eigenvalue weighted by Crippen LogP contribution is -2.28. The van der Waals surface area contributed by atoms with Crippen molar-refractivity contribution in [2.45, 2.75) is 5.41 Å². The molecule has 0 atom stereocenters. The highest BCUT2D eigenvalue weighted by atomic mass is 16.7. The zero-order valence-corrected chi connectivity index (χ0v) is 22.6. The van der Waals surface area contributed by atoms with Crippen molar-refractivity contribution in [3.63, 3.8) is 0 Å². The second kappa shape index (κ2) is 10.8. The molecule has 4 heteroatoms. The van der Waals surface area contributed by atoms with E-state index in [1.54, 1.807) is 24.3 Å². The van der Waals surface area contributed by atoms with E-state index in [4.69, 9.17) is 14.2 Å². The van der Waals surface area contributed by atoms with E-state index in [0.29, 0.717) is 11.5 Å². The van der Waals surface area contributed by atoms with Gasteiger partial charge in [0.25, 0.3) is 0 Å². The molecule has 6 aromatic rings. The molecule has 0 saturated heterocycles. The fourth-order valence-electron chi connectivity index (χ4n) is 5.90. The van der Waals surface area contributed by atoms with Crippen LogP contribution in [0.15, 0.2) is 158 Å². The van der Waals surface area contributed by atoms with Crippen LogP contribution in [0.4, 0.5) is 4.79 Å². The van der Waals surface area contributed by atoms with Gasteiger partial charge in [-0.25, -0.2) is 4.79 Å². The van der Waals surface area contributed by atoms with Gasteiger partial charge in [0.05, 0.1) is 5.41 Å². The van der Waals surface area contributed by atoms with Gasteiger partial charge in [0.1, 0.15) is 23.0 Å². The molecule has 0 unspecified atom stereocenters. The number of benzene rings is 6. The molecule has 0 saturated carbocycles. The molecule has 42 heavy (non-hydrogen) atoms. The molecule has 0 N–H and O–H groups in total. The van der Waals surface area contributed by atoms with E-state index in [1.165, 1.54) is 22.3 Å². The number of carbonyl (C=O) groups is 1. The van der Waals surface area contributed by atoms with Gasteiger partial charge in [-0.1, -0.05) is 109 Å². The summed E-state index contributed by atoms with van der Waals surface area (Å²) in [7, 11) is 0. The van der Waals surface area contributed by atoms with Crippen LogP contribution in [0.2, 0.25) is 0 Å². The molecule has 1 aliphatic rings. The average Bonchev–Trinajstić information content (AvgIpc) is 3.34. The fourth-order valence-corrected chi connectivity index (χ4v) is 5.90. The van der Waals surface area contributed by atoms with Crippen LogP contribution in [0.1, 0.15) is 22.3 Å². The van der Waals surface area contributed by atoms with Crippen molar-refractivity contribution in [2.24, 2.45) is 0 Å². The van der Waals surface area contributed by atoms with Gasteiger partial charge in [0.2, 0.25) is 0 Å². The number of ether oxygens (including phenoxy) is 3. The van der Waals surface area contributed by atoms with Gasteiger partial charge in [-0.15, -0.1) is 0 Å². The molecule has 0 amide bonds. The van der Waals surface area contributed by atoms with Crippen LogP contribution in [-0.2, 0) is 5.41 Å². The predicted molar refractivity (Wildman–Crippen MR) is 163 cm³/mol. The minimum atomic E-state index is -0.783. The van der Waals surface area contributed by atoms with E-state index < -0.39 is 11.6 Å². The van der Waals surface area contributed by atoms with Crippen molar-refractivity contribution in [3.05, 3.63) is 180 Å². The minimum Gasteiger partial charge on any atom is -0.457 e. The van der Waals surface area contributed by atoms with Gasteiger partial charge < -0.3 is 14.2 Å². The quantitative estimate of drug-likeness (QED) is 0.154. The first-order valence-corrected chi connectivity index (χ1v) is 13.8. The Balaban J connectivity index is 1.29. The Morgan fingerprint density at radius 2 is 0.786 bits per heavy atom. The molecular weight excluding hydrogens is 520 g/mol. The molecule has 0 bridgehead atoms. The monoisotopic (exact) mass is 546 g/mol. The molecule has 6 aromatic carbocycles. The molecular formula is C38H26O4. The molecule has 0 heterocycles. The van der Waals surface area contributed by atoms with Gasteiger partial charge in [-0.2, -0.15) is 0 Å². The summed E-state index contributed by atoms with van der Waals surface area (Å²) in [5.74, 6) is 2.39. The van der Waals surface area contributed by atoms with Crippen molar-refractivity contribution in [3.8, 4) is 34.1 Å². The Kier molecular flexibility index (Phi) is 6.49. The molecule has 7 rings (SSSR count). The molecule has 1 aliphatic carbocycles. The Labute approximate surface area is 244 Å². The summed E-state index contributed by atoms with van der Waals surface area (Å²) in [6.45, 7) is 0. The van der Waals surface area contributed by atoms with Crippen LogP contribution in [0.5, 0.6) is 23.0 Å². The third-order valence-corrected chi connectivity index (χ3v) is 7.65. The minimum absolute atomic E-state index is 0.404. The normalized spacial score (nSPS) is 12.6. The third kappa shape index (κ3) is 4.49. The maximum absolute atomic E-state index is 12.4. The second-order valence-electron chi connectivity index (χ2n) is 10.1. The lowest BCUT2D eigenvalue weighted by Gasteiger charge is -2.34. The molecule has 0 aliphatic heterocycles. The smallest absolute Gasteiger partial charge is 0.457 e. The fraction of sp³-hybridized carbons (Fsp3) is 0.0263. The highest BCUT2D eigenvalue weighted by Gasteiger charge is 2.45. The molecule has 0 fully saturated rings. The van der Waals surface area contributed by atoms with Gasteiger partial charge in [-0.05, 0) is 81.9 Å². The Bertz CT molecular complexity index is 1800. The van der Waals surface area contributed by atoms with Crippen molar-refractivity contribution < 1.29 is 19.0 Å². The van der Waals surface area contributed by atoms with E-state index in [9.17, 15) is 4.79 Å². The van der Waals surface area contributed by atoms with Crippen LogP contribution in [0.3, 0.4) is 0 Å². The van der Waals surface area contributed by atoms with Crippen LogP contribution in [-0.4, -0.2) is 6.16 Å². The maximum atomic E-state index is 12.4. The van der Waals surface area contributed by atoms with E-state index in [1.807, 2.05) is 72.8 Å². The Morgan fingerprint density at radius 1 is 0.405 bits per heavy atom. The van der Waals surface area contributed by atoms with E-state index >= 15 is 0 Å². The number of rotatable bonds is 6. The number of hydrogen-bond acceptors (Lipinski definition) is 4. The second-order valence-corrected chi connectivity index (χ2v) is 10.1. The Morgan fingerprint density at radius 3 is 1.31 bits per heavy atom. The highest BCUT2D eigenvalue weighted by molar-refractivity contribution is 5.86. The SMILES string of the molecule is O=C(Oc1ccccc1)Oc1ccc(C2(c3ccc(Oc4ccccc4)cc3)c3ccccc3-c3ccccc32)cc1. The van der Waals surface area contributed by atoms with E-state index in [0.717, 1.165) is 22.6 Å². The standard InChI is InChI=1S/C38H26O4/c39-37(41-30-13-5-2-6-14-30)42-32-25-21-28(22-26-32)38(27-19-23-31(24-20-27)40-29-11-3-1-4-12-29)35-17-9-7-15-33(35)34-16-8-10-18-36(34)38/h1-26H. The van der Waals surface area contributed by atoms with Crippen LogP contribution in [0, 0.1) is 0 Å². The molecule has 0 aromatic heterocycles. The lowest BCUT2D eigenvalue weighted by atomic mass is 9.68. The average molecular weight is 547 g/mol. The summed E-state index contributed by atoms with van der Waals surface area (Å²) in [4.78, 5) is 12.4. The number of carbonyl (C=O) groups excluding carboxylic acids is 1.